The Hall–Kier alpha value is -2.47. The van der Waals surface area contributed by atoms with Gasteiger partial charge in [-0.05, 0) is 6.92 Å². The number of hydrogen-bond acceptors (Lipinski definition) is 6. The van der Waals surface area contributed by atoms with Crippen molar-refractivity contribution in [1.29, 1.82) is 0 Å². The van der Waals surface area contributed by atoms with E-state index >= 15 is 0 Å². The van der Waals surface area contributed by atoms with Gasteiger partial charge in [-0.15, -0.1) is 11.3 Å². The van der Waals surface area contributed by atoms with Gasteiger partial charge in [0, 0.05) is 11.1 Å². The molecule has 0 saturated heterocycles. The second kappa shape index (κ2) is 4.82. The van der Waals surface area contributed by atoms with Crippen molar-refractivity contribution in [3.63, 3.8) is 0 Å². The molecule has 0 unspecified atom stereocenters. The van der Waals surface area contributed by atoms with Crippen LogP contribution >= 0.6 is 11.3 Å². The maximum absolute atomic E-state index is 12.6. The van der Waals surface area contributed by atoms with Gasteiger partial charge in [0.25, 0.3) is 0 Å². The Kier molecular flexibility index (Phi) is 3.10. The Labute approximate surface area is 124 Å². The van der Waals surface area contributed by atoms with Crippen molar-refractivity contribution in [2.45, 2.75) is 6.92 Å². The van der Waals surface area contributed by atoms with E-state index < -0.39 is 5.97 Å². The number of ketones is 2. The molecule has 0 radical (unpaired) electrons. The molecule has 1 aromatic heterocycles. The average Bonchev–Trinajstić information content (AvgIpc) is 2.83. The van der Waals surface area contributed by atoms with Crippen LogP contribution in [0.15, 0.2) is 24.3 Å². The third kappa shape index (κ3) is 1.87. The number of carbonyl (C=O) groups is 3. The number of esters is 1. The molecule has 0 atom stereocenters. The normalized spacial score (nSPS) is 12.8. The van der Waals surface area contributed by atoms with Crippen LogP contribution in [-0.2, 0) is 4.74 Å². The first-order valence-electron chi connectivity index (χ1n) is 6.34. The minimum atomic E-state index is -0.673. The van der Waals surface area contributed by atoms with Gasteiger partial charge in [0.2, 0.25) is 5.78 Å². The summed E-state index contributed by atoms with van der Waals surface area (Å²) in [6.07, 6.45) is 0. The lowest BCUT2D eigenvalue weighted by molar-refractivity contribution is 0.0525. The Morgan fingerprint density at radius 1 is 1.19 bits per heavy atom. The van der Waals surface area contributed by atoms with Gasteiger partial charge < -0.3 is 10.5 Å². The molecule has 1 aromatic carbocycles. The van der Waals surface area contributed by atoms with Gasteiger partial charge in [-0.25, -0.2) is 4.79 Å². The van der Waals surface area contributed by atoms with Gasteiger partial charge in [-0.1, -0.05) is 24.3 Å². The van der Waals surface area contributed by atoms with E-state index in [2.05, 4.69) is 0 Å². The fourth-order valence-corrected chi connectivity index (χ4v) is 3.37. The molecule has 0 bridgehead atoms. The standard InChI is InChI=1S/C15H11NO4S/c1-2-20-15(19)10-9-11(17)7-5-3-4-6-8(7)12(18)13(9)21-14(10)16/h3-6H,2,16H2,1H3. The van der Waals surface area contributed by atoms with Crippen molar-refractivity contribution in [2.24, 2.45) is 0 Å². The monoisotopic (exact) mass is 301 g/mol. The molecule has 0 aliphatic heterocycles. The molecule has 0 amide bonds. The minimum absolute atomic E-state index is 0.00435. The summed E-state index contributed by atoms with van der Waals surface area (Å²) < 4.78 is 4.93. The summed E-state index contributed by atoms with van der Waals surface area (Å²) in [6, 6.07) is 6.53. The molecule has 106 valence electrons. The Morgan fingerprint density at radius 2 is 1.81 bits per heavy atom. The predicted octanol–water partition coefficient (Wildman–Crippen LogP) is 2.28. The molecular formula is C15H11NO4S. The number of ether oxygens (including phenoxy) is 1. The Morgan fingerprint density at radius 3 is 2.43 bits per heavy atom. The molecule has 1 aliphatic rings. The number of nitrogens with two attached hydrogens (primary N) is 1. The smallest absolute Gasteiger partial charge is 0.341 e. The zero-order chi connectivity index (χ0) is 15.1. The number of hydrogen-bond donors (Lipinski definition) is 1. The number of anilines is 1. The second-order valence-corrected chi connectivity index (χ2v) is 5.52. The van der Waals surface area contributed by atoms with Crippen LogP contribution in [-0.4, -0.2) is 24.1 Å². The van der Waals surface area contributed by atoms with Crippen molar-refractivity contribution in [2.75, 3.05) is 12.3 Å². The fraction of sp³-hybridized carbons (Fsp3) is 0.133. The van der Waals surface area contributed by atoms with Gasteiger partial charge in [0.15, 0.2) is 5.78 Å². The van der Waals surface area contributed by atoms with E-state index in [1.54, 1.807) is 31.2 Å². The van der Waals surface area contributed by atoms with Crippen molar-refractivity contribution in [3.05, 3.63) is 51.4 Å². The van der Waals surface area contributed by atoms with Crippen LogP contribution in [0.2, 0.25) is 0 Å². The van der Waals surface area contributed by atoms with Crippen LogP contribution in [0.4, 0.5) is 5.00 Å². The lowest BCUT2D eigenvalue weighted by Gasteiger charge is -2.14. The van der Waals surface area contributed by atoms with Crippen LogP contribution in [0.5, 0.6) is 0 Å². The summed E-state index contributed by atoms with van der Waals surface area (Å²) in [7, 11) is 0. The van der Waals surface area contributed by atoms with Gasteiger partial charge in [-0.3, -0.25) is 9.59 Å². The third-order valence-electron chi connectivity index (χ3n) is 3.26. The highest BCUT2D eigenvalue weighted by Gasteiger charge is 2.37. The SMILES string of the molecule is CCOC(=O)c1c(N)sc2c1C(=O)c1ccccc1C2=O. The largest absolute Gasteiger partial charge is 0.462 e. The van der Waals surface area contributed by atoms with E-state index in [1.807, 2.05) is 0 Å². The van der Waals surface area contributed by atoms with E-state index in [1.165, 1.54) is 0 Å². The van der Waals surface area contributed by atoms with Crippen molar-refractivity contribution in [1.82, 2.24) is 0 Å². The predicted molar refractivity (Wildman–Crippen MR) is 78.0 cm³/mol. The third-order valence-corrected chi connectivity index (χ3v) is 4.28. The van der Waals surface area contributed by atoms with Crippen LogP contribution in [0, 0.1) is 0 Å². The number of thiophene rings is 1. The highest BCUT2D eigenvalue weighted by atomic mass is 32.1. The maximum Gasteiger partial charge on any atom is 0.341 e. The second-order valence-electron chi connectivity index (χ2n) is 4.47. The lowest BCUT2D eigenvalue weighted by Crippen LogP contribution is -2.21. The molecule has 2 aromatic rings. The molecular weight excluding hydrogens is 290 g/mol. The average molecular weight is 301 g/mol. The molecule has 5 nitrogen and oxygen atoms in total. The Bertz CT molecular complexity index is 791. The van der Waals surface area contributed by atoms with E-state index in [9.17, 15) is 14.4 Å². The maximum atomic E-state index is 12.6. The van der Waals surface area contributed by atoms with Gasteiger partial charge >= 0.3 is 5.97 Å². The van der Waals surface area contributed by atoms with Gasteiger partial charge in [0.1, 0.15) is 10.6 Å². The van der Waals surface area contributed by atoms with Crippen LogP contribution in [0.3, 0.4) is 0 Å². The zero-order valence-corrected chi connectivity index (χ0v) is 12.0. The molecule has 1 heterocycles. The molecule has 6 heteroatoms. The number of carbonyl (C=O) groups excluding carboxylic acids is 3. The summed E-state index contributed by atoms with van der Waals surface area (Å²) in [4.78, 5) is 37.2. The summed E-state index contributed by atoms with van der Waals surface area (Å²) in [5.74, 6) is -1.32. The number of rotatable bonds is 2. The summed E-state index contributed by atoms with van der Waals surface area (Å²) in [5.41, 5.74) is 6.53. The number of benzene rings is 1. The summed E-state index contributed by atoms with van der Waals surface area (Å²) >= 11 is 0.953. The molecule has 1 aliphatic carbocycles. The first-order chi connectivity index (χ1) is 10.1. The zero-order valence-electron chi connectivity index (χ0n) is 11.1. The van der Waals surface area contributed by atoms with Crippen molar-refractivity contribution >= 4 is 33.9 Å². The molecule has 0 saturated carbocycles. The van der Waals surface area contributed by atoms with Crippen LogP contribution < -0.4 is 5.73 Å². The fourth-order valence-electron chi connectivity index (χ4n) is 2.37. The summed E-state index contributed by atoms with van der Waals surface area (Å²) in [6.45, 7) is 1.83. The number of nitrogen functional groups attached to an aromatic ring is 1. The van der Waals surface area contributed by atoms with E-state index in [-0.39, 0.29) is 39.2 Å². The number of fused-ring (bicyclic) bond motifs is 2. The first kappa shape index (κ1) is 13.5. The van der Waals surface area contributed by atoms with E-state index in [4.69, 9.17) is 10.5 Å². The van der Waals surface area contributed by atoms with Crippen LogP contribution in [0.25, 0.3) is 0 Å². The van der Waals surface area contributed by atoms with Gasteiger partial charge in [-0.2, -0.15) is 0 Å². The minimum Gasteiger partial charge on any atom is -0.462 e. The van der Waals surface area contributed by atoms with E-state index in [0.717, 1.165) is 11.3 Å². The molecule has 2 N–H and O–H groups in total. The first-order valence-corrected chi connectivity index (χ1v) is 7.15. The highest BCUT2D eigenvalue weighted by molar-refractivity contribution is 7.19. The molecule has 0 spiro atoms. The Balaban J connectivity index is 2.24. The van der Waals surface area contributed by atoms with E-state index in [0.29, 0.717) is 11.1 Å². The topological polar surface area (TPSA) is 86.5 Å². The molecule has 0 fully saturated rings. The molecule has 3 rings (SSSR count). The lowest BCUT2D eigenvalue weighted by atomic mass is 9.87. The van der Waals surface area contributed by atoms with Crippen LogP contribution in [0.1, 0.15) is 48.4 Å². The van der Waals surface area contributed by atoms with Crippen molar-refractivity contribution < 1.29 is 19.1 Å². The molecule has 21 heavy (non-hydrogen) atoms. The van der Waals surface area contributed by atoms with Gasteiger partial charge in [0.05, 0.1) is 17.0 Å². The quantitative estimate of drug-likeness (QED) is 0.734. The summed E-state index contributed by atoms with van der Waals surface area (Å²) in [5, 5.41) is 0.132. The van der Waals surface area contributed by atoms with Crippen molar-refractivity contribution in [3.8, 4) is 0 Å². The highest BCUT2D eigenvalue weighted by Crippen LogP contribution is 2.38.